The molecular weight excluding hydrogens is 197 g/mol. The molecule has 2 heterocycles. The van der Waals surface area contributed by atoms with Crippen LogP contribution in [0, 0.1) is 0 Å². The zero-order valence-electron chi connectivity index (χ0n) is 6.25. The SMILES string of the molecule is Cn1nc(Cl)c2c(Cl)ccnc21. The maximum Gasteiger partial charge on any atom is 0.162 e. The molecule has 0 fully saturated rings. The van der Waals surface area contributed by atoms with Crippen molar-refractivity contribution in [2.75, 3.05) is 0 Å². The molecule has 0 spiro atoms. The van der Waals surface area contributed by atoms with Gasteiger partial charge >= 0.3 is 0 Å². The third-order valence-electron chi connectivity index (χ3n) is 1.63. The Morgan fingerprint density at radius 3 is 2.83 bits per heavy atom. The van der Waals surface area contributed by atoms with Gasteiger partial charge in [0.05, 0.1) is 10.4 Å². The maximum absolute atomic E-state index is 5.90. The van der Waals surface area contributed by atoms with E-state index in [0.29, 0.717) is 21.2 Å². The van der Waals surface area contributed by atoms with Crippen LogP contribution in [-0.2, 0) is 7.05 Å². The molecule has 2 aromatic rings. The maximum atomic E-state index is 5.90. The fourth-order valence-electron chi connectivity index (χ4n) is 1.09. The van der Waals surface area contributed by atoms with Crippen molar-refractivity contribution >= 4 is 34.2 Å². The Kier molecular flexibility index (Phi) is 1.70. The number of rotatable bonds is 0. The zero-order valence-corrected chi connectivity index (χ0v) is 7.76. The molecule has 2 aromatic heterocycles. The van der Waals surface area contributed by atoms with Crippen molar-refractivity contribution in [3.05, 3.63) is 22.4 Å². The molecule has 0 bridgehead atoms. The lowest BCUT2D eigenvalue weighted by Crippen LogP contribution is -1.90. The van der Waals surface area contributed by atoms with Crippen LogP contribution < -0.4 is 0 Å². The van der Waals surface area contributed by atoms with Gasteiger partial charge in [-0.2, -0.15) is 5.10 Å². The summed E-state index contributed by atoms with van der Waals surface area (Å²) in [5, 5.41) is 5.67. The Bertz CT molecular complexity index is 435. The van der Waals surface area contributed by atoms with E-state index < -0.39 is 0 Å². The van der Waals surface area contributed by atoms with E-state index >= 15 is 0 Å². The number of pyridine rings is 1. The average Bonchev–Trinajstić information content (AvgIpc) is 2.29. The monoisotopic (exact) mass is 201 g/mol. The van der Waals surface area contributed by atoms with Crippen LogP contribution in [0.1, 0.15) is 0 Å². The predicted molar refractivity (Wildman–Crippen MR) is 48.5 cm³/mol. The lowest BCUT2D eigenvalue weighted by Gasteiger charge is -1.92. The summed E-state index contributed by atoms with van der Waals surface area (Å²) < 4.78 is 1.60. The zero-order chi connectivity index (χ0) is 8.72. The summed E-state index contributed by atoms with van der Waals surface area (Å²) in [7, 11) is 1.78. The fraction of sp³-hybridized carbons (Fsp3) is 0.143. The van der Waals surface area contributed by atoms with Crippen LogP contribution in [0.2, 0.25) is 10.2 Å². The Morgan fingerprint density at radius 1 is 1.42 bits per heavy atom. The van der Waals surface area contributed by atoms with E-state index in [4.69, 9.17) is 23.2 Å². The minimum atomic E-state index is 0.394. The van der Waals surface area contributed by atoms with E-state index in [0.717, 1.165) is 0 Å². The molecule has 0 aliphatic heterocycles. The molecule has 3 nitrogen and oxygen atoms in total. The van der Waals surface area contributed by atoms with Crippen LogP contribution >= 0.6 is 23.2 Å². The second-order valence-electron chi connectivity index (χ2n) is 2.41. The number of aromatic nitrogens is 3. The van der Waals surface area contributed by atoms with Crippen molar-refractivity contribution in [2.24, 2.45) is 7.05 Å². The van der Waals surface area contributed by atoms with Crippen LogP contribution in [0.25, 0.3) is 11.0 Å². The van der Waals surface area contributed by atoms with Crippen molar-refractivity contribution in [2.45, 2.75) is 0 Å². The Hall–Kier alpha value is -0.800. The average molecular weight is 202 g/mol. The molecule has 5 heteroatoms. The molecule has 0 N–H and O–H groups in total. The summed E-state index contributed by atoms with van der Waals surface area (Å²) in [6.07, 6.45) is 1.63. The summed E-state index contributed by atoms with van der Waals surface area (Å²) in [5.41, 5.74) is 0.701. The fourth-order valence-corrected chi connectivity index (χ4v) is 1.67. The normalized spacial score (nSPS) is 10.9. The molecule has 0 radical (unpaired) electrons. The van der Waals surface area contributed by atoms with Gasteiger partial charge in [0.25, 0.3) is 0 Å². The molecule has 0 aromatic carbocycles. The third kappa shape index (κ3) is 0.974. The summed E-state index contributed by atoms with van der Waals surface area (Å²) in [5.74, 6) is 0. The molecular formula is C7H5Cl2N3. The van der Waals surface area contributed by atoms with Gasteiger partial charge in [0.15, 0.2) is 10.8 Å². The topological polar surface area (TPSA) is 30.7 Å². The van der Waals surface area contributed by atoms with Crippen molar-refractivity contribution in [1.82, 2.24) is 14.8 Å². The minimum Gasteiger partial charge on any atom is -0.249 e. The van der Waals surface area contributed by atoms with Crippen LogP contribution in [0.4, 0.5) is 0 Å². The molecule has 0 aliphatic carbocycles. The highest BCUT2D eigenvalue weighted by atomic mass is 35.5. The van der Waals surface area contributed by atoms with Crippen LogP contribution in [0.15, 0.2) is 12.3 Å². The number of hydrogen-bond donors (Lipinski definition) is 0. The summed E-state index contributed by atoms with van der Waals surface area (Å²) >= 11 is 11.7. The molecule has 0 amide bonds. The molecule has 62 valence electrons. The lowest BCUT2D eigenvalue weighted by molar-refractivity contribution is 0.787. The smallest absolute Gasteiger partial charge is 0.162 e. The largest absolute Gasteiger partial charge is 0.249 e. The van der Waals surface area contributed by atoms with E-state index in [2.05, 4.69) is 10.1 Å². The minimum absolute atomic E-state index is 0.394. The van der Waals surface area contributed by atoms with Crippen molar-refractivity contribution in [1.29, 1.82) is 0 Å². The van der Waals surface area contributed by atoms with Gasteiger partial charge in [-0.1, -0.05) is 23.2 Å². The number of hydrogen-bond acceptors (Lipinski definition) is 2. The Morgan fingerprint density at radius 2 is 2.17 bits per heavy atom. The van der Waals surface area contributed by atoms with Gasteiger partial charge < -0.3 is 0 Å². The van der Waals surface area contributed by atoms with Crippen molar-refractivity contribution < 1.29 is 0 Å². The standard InChI is InChI=1S/C7H5Cl2N3/c1-12-7-5(6(9)11-12)4(8)2-3-10-7/h2-3H,1H3. The van der Waals surface area contributed by atoms with Gasteiger partial charge in [0, 0.05) is 13.2 Å². The highest BCUT2D eigenvalue weighted by Gasteiger charge is 2.09. The first-order valence-corrected chi connectivity index (χ1v) is 4.08. The highest BCUT2D eigenvalue weighted by Crippen LogP contribution is 2.27. The number of halogens is 2. The summed E-state index contributed by atoms with van der Waals surface area (Å²) in [4.78, 5) is 4.09. The molecule has 12 heavy (non-hydrogen) atoms. The number of fused-ring (bicyclic) bond motifs is 1. The van der Waals surface area contributed by atoms with Gasteiger partial charge in [0.1, 0.15) is 0 Å². The van der Waals surface area contributed by atoms with E-state index in [1.54, 1.807) is 24.0 Å². The highest BCUT2D eigenvalue weighted by molar-refractivity contribution is 6.41. The molecule has 0 saturated carbocycles. The summed E-state index contributed by atoms with van der Waals surface area (Å²) in [6, 6.07) is 1.69. The molecule has 0 aliphatic rings. The molecule has 0 saturated heterocycles. The van der Waals surface area contributed by atoms with Crippen LogP contribution in [0.3, 0.4) is 0 Å². The van der Waals surface area contributed by atoms with Crippen molar-refractivity contribution in [3.63, 3.8) is 0 Å². The van der Waals surface area contributed by atoms with E-state index in [1.807, 2.05) is 0 Å². The first-order valence-electron chi connectivity index (χ1n) is 3.33. The third-order valence-corrected chi connectivity index (χ3v) is 2.21. The first-order chi connectivity index (χ1) is 5.70. The van der Waals surface area contributed by atoms with Gasteiger partial charge in [-0.25, -0.2) is 9.67 Å². The van der Waals surface area contributed by atoms with Crippen LogP contribution in [0.5, 0.6) is 0 Å². The lowest BCUT2D eigenvalue weighted by atomic mass is 10.3. The predicted octanol–water partition coefficient (Wildman–Crippen LogP) is 2.28. The molecule has 0 atom stereocenters. The number of aryl methyl sites for hydroxylation is 1. The quantitative estimate of drug-likeness (QED) is 0.655. The van der Waals surface area contributed by atoms with Gasteiger partial charge in [-0.3, -0.25) is 0 Å². The molecule has 2 rings (SSSR count). The second kappa shape index (κ2) is 2.61. The number of nitrogens with zero attached hydrogens (tertiary/aromatic N) is 3. The van der Waals surface area contributed by atoms with Gasteiger partial charge in [-0.15, -0.1) is 0 Å². The Balaban J connectivity index is 2.99. The van der Waals surface area contributed by atoms with Gasteiger partial charge in [0.2, 0.25) is 0 Å². The van der Waals surface area contributed by atoms with E-state index in [-0.39, 0.29) is 0 Å². The van der Waals surface area contributed by atoms with E-state index in [1.165, 1.54) is 0 Å². The molecule has 0 unspecified atom stereocenters. The van der Waals surface area contributed by atoms with Crippen molar-refractivity contribution in [3.8, 4) is 0 Å². The summed E-state index contributed by atoms with van der Waals surface area (Å²) in [6.45, 7) is 0. The van der Waals surface area contributed by atoms with E-state index in [9.17, 15) is 0 Å². The Labute approximate surface area is 78.9 Å². The first kappa shape index (κ1) is 7.83. The van der Waals surface area contributed by atoms with Crippen LogP contribution in [-0.4, -0.2) is 14.8 Å². The second-order valence-corrected chi connectivity index (χ2v) is 3.17. The van der Waals surface area contributed by atoms with Gasteiger partial charge in [-0.05, 0) is 6.07 Å².